The molecule has 2 fully saturated rings. The third-order valence-electron chi connectivity index (χ3n) is 4.27. The van der Waals surface area contributed by atoms with Crippen molar-refractivity contribution in [3.63, 3.8) is 0 Å². The molecule has 1 saturated heterocycles. The van der Waals surface area contributed by atoms with Gasteiger partial charge in [0.25, 0.3) is 5.56 Å². The van der Waals surface area contributed by atoms with Crippen LogP contribution in [0.15, 0.2) is 16.9 Å². The van der Waals surface area contributed by atoms with Gasteiger partial charge in [0, 0.05) is 31.6 Å². The zero-order chi connectivity index (χ0) is 13.5. The Balaban J connectivity index is 1.51. The van der Waals surface area contributed by atoms with Crippen molar-refractivity contribution in [1.29, 1.82) is 0 Å². The first-order chi connectivity index (χ1) is 9.04. The van der Waals surface area contributed by atoms with Crippen LogP contribution in [0.2, 0.25) is 0 Å². The van der Waals surface area contributed by atoms with Crippen LogP contribution in [0.1, 0.15) is 25.0 Å². The van der Waals surface area contributed by atoms with E-state index >= 15 is 0 Å². The molecular formula is C14H21N3O2. The fourth-order valence-corrected chi connectivity index (χ4v) is 3.01. The first-order valence-corrected chi connectivity index (χ1v) is 7.04. The zero-order valence-corrected chi connectivity index (χ0v) is 11.4. The minimum Gasteiger partial charge on any atom is -0.389 e. The molecule has 0 atom stereocenters. The number of β-amino-alcohol motifs (C(OH)–C–C–N with tert-alkyl or cyclic N) is 1. The molecule has 3 rings (SSSR count). The molecule has 1 saturated carbocycles. The Morgan fingerprint density at radius 1 is 1.42 bits per heavy atom. The second kappa shape index (κ2) is 4.72. The molecule has 2 aliphatic rings. The highest BCUT2D eigenvalue weighted by Gasteiger charge is 2.39. The van der Waals surface area contributed by atoms with E-state index in [0.717, 1.165) is 44.6 Å². The third kappa shape index (κ3) is 2.72. The minimum atomic E-state index is -0.427. The molecule has 0 bridgehead atoms. The molecule has 5 nitrogen and oxygen atoms in total. The molecule has 0 radical (unpaired) electrons. The summed E-state index contributed by atoms with van der Waals surface area (Å²) in [6.07, 6.45) is 3.02. The first kappa shape index (κ1) is 12.8. The van der Waals surface area contributed by atoms with Gasteiger partial charge in [-0.3, -0.25) is 9.69 Å². The van der Waals surface area contributed by atoms with Crippen LogP contribution in [0.4, 0.5) is 0 Å². The Labute approximate surface area is 112 Å². The smallest absolute Gasteiger partial charge is 0.266 e. The van der Waals surface area contributed by atoms with Gasteiger partial charge in [-0.05, 0) is 32.3 Å². The van der Waals surface area contributed by atoms with E-state index in [1.54, 1.807) is 16.8 Å². The second-order valence-electron chi connectivity index (χ2n) is 6.13. The van der Waals surface area contributed by atoms with Gasteiger partial charge in [-0.25, -0.2) is 4.68 Å². The number of aliphatic hydroxyl groups is 1. The fraction of sp³-hybridized carbons (Fsp3) is 0.714. The number of likely N-dealkylation sites (tertiary alicyclic amines) is 1. The molecule has 0 unspecified atom stereocenters. The second-order valence-corrected chi connectivity index (χ2v) is 6.13. The zero-order valence-electron chi connectivity index (χ0n) is 11.4. The predicted molar refractivity (Wildman–Crippen MR) is 72.0 cm³/mol. The summed E-state index contributed by atoms with van der Waals surface area (Å²) in [5, 5.41) is 14.4. The van der Waals surface area contributed by atoms with Crippen molar-refractivity contribution in [2.75, 3.05) is 19.6 Å². The van der Waals surface area contributed by atoms with Gasteiger partial charge in [-0.1, -0.05) is 0 Å². The molecule has 1 aliphatic carbocycles. The third-order valence-corrected chi connectivity index (χ3v) is 4.27. The number of hydrogen-bond acceptors (Lipinski definition) is 4. The van der Waals surface area contributed by atoms with Crippen LogP contribution in [-0.2, 0) is 6.54 Å². The number of hydrogen-bond donors (Lipinski definition) is 1. The van der Waals surface area contributed by atoms with E-state index in [9.17, 15) is 9.90 Å². The molecule has 1 N–H and O–H groups in total. The summed E-state index contributed by atoms with van der Waals surface area (Å²) in [4.78, 5) is 13.9. The molecule has 0 spiro atoms. The van der Waals surface area contributed by atoms with Gasteiger partial charge in [0.2, 0.25) is 0 Å². The molecule has 1 aromatic heterocycles. The first-order valence-electron chi connectivity index (χ1n) is 7.04. The molecule has 2 heterocycles. The van der Waals surface area contributed by atoms with Crippen LogP contribution < -0.4 is 5.56 Å². The Bertz CT molecular complexity index is 516. The van der Waals surface area contributed by atoms with Gasteiger partial charge < -0.3 is 5.11 Å². The number of aromatic nitrogens is 2. The lowest BCUT2D eigenvalue weighted by molar-refractivity contribution is -0.0819. The van der Waals surface area contributed by atoms with Crippen LogP contribution in [0.3, 0.4) is 0 Å². The maximum Gasteiger partial charge on any atom is 0.266 e. The fourth-order valence-electron chi connectivity index (χ4n) is 3.01. The van der Waals surface area contributed by atoms with Gasteiger partial charge in [-0.15, -0.1) is 0 Å². The molecule has 19 heavy (non-hydrogen) atoms. The topological polar surface area (TPSA) is 58.4 Å². The van der Waals surface area contributed by atoms with Gasteiger partial charge in [-0.2, -0.15) is 5.10 Å². The number of aryl methyl sites for hydroxylation is 1. The average molecular weight is 263 g/mol. The highest BCUT2D eigenvalue weighted by molar-refractivity contribution is 4.98. The Kier molecular flexibility index (Phi) is 3.19. The summed E-state index contributed by atoms with van der Waals surface area (Å²) >= 11 is 0. The maximum atomic E-state index is 11.7. The highest BCUT2D eigenvalue weighted by Crippen LogP contribution is 2.34. The number of nitrogens with zero attached hydrogens (tertiary/aromatic N) is 3. The largest absolute Gasteiger partial charge is 0.389 e. The normalized spacial score (nSPS) is 22.8. The van der Waals surface area contributed by atoms with Crippen molar-refractivity contribution >= 4 is 0 Å². The summed E-state index contributed by atoms with van der Waals surface area (Å²) in [7, 11) is 0. The predicted octanol–water partition coefficient (Wildman–Crippen LogP) is 0.399. The standard InChI is InChI=1S/C14H21N3O2/c1-11-3-4-13(18)17(15-11)9-12-7-16(8-12)10-14(19)5-2-6-14/h3-4,12,19H,2,5-10H2,1H3. The summed E-state index contributed by atoms with van der Waals surface area (Å²) in [5.41, 5.74) is 0.421. The summed E-state index contributed by atoms with van der Waals surface area (Å²) < 4.78 is 1.56. The molecule has 104 valence electrons. The molecule has 0 amide bonds. The van der Waals surface area contributed by atoms with E-state index in [2.05, 4.69) is 10.00 Å². The summed E-state index contributed by atoms with van der Waals surface area (Å²) in [6, 6.07) is 3.33. The Morgan fingerprint density at radius 2 is 2.16 bits per heavy atom. The Morgan fingerprint density at radius 3 is 2.79 bits per heavy atom. The lowest BCUT2D eigenvalue weighted by Crippen LogP contribution is -2.57. The van der Waals surface area contributed by atoms with Crippen molar-refractivity contribution in [2.24, 2.45) is 5.92 Å². The van der Waals surface area contributed by atoms with Gasteiger partial charge >= 0.3 is 0 Å². The number of rotatable bonds is 4. The van der Waals surface area contributed by atoms with Crippen LogP contribution in [-0.4, -0.2) is 45.0 Å². The molecule has 5 heteroatoms. The maximum absolute atomic E-state index is 11.7. The van der Waals surface area contributed by atoms with Gasteiger partial charge in [0.15, 0.2) is 0 Å². The van der Waals surface area contributed by atoms with E-state index in [-0.39, 0.29) is 5.56 Å². The van der Waals surface area contributed by atoms with Crippen LogP contribution >= 0.6 is 0 Å². The molecule has 1 aliphatic heterocycles. The van der Waals surface area contributed by atoms with Crippen molar-refractivity contribution in [1.82, 2.24) is 14.7 Å². The van der Waals surface area contributed by atoms with Crippen molar-refractivity contribution < 1.29 is 5.11 Å². The monoisotopic (exact) mass is 263 g/mol. The van der Waals surface area contributed by atoms with Gasteiger partial charge in [0.1, 0.15) is 0 Å². The summed E-state index contributed by atoms with van der Waals surface area (Å²) in [5.74, 6) is 0.482. The van der Waals surface area contributed by atoms with E-state index in [1.165, 1.54) is 0 Å². The van der Waals surface area contributed by atoms with Crippen molar-refractivity contribution in [3.05, 3.63) is 28.2 Å². The van der Waals surface area contributed by atoms with E-state index < -0.39 is 5.60 Å². The average Bonchev–Trinajstić information content (AvgIpc) is 2.28. The van der Waals surface area contributed by atoms with Gasteiger partial charge in [0.05, 0.1) is 17.8 Å². The van der Waals surface area contributed by atoms with E-state index in [1.807, 2.05) is 6.92 Å². The lowest BCUT2D eigenvalue weighted by atomic mass is 9.79. The van der Waals surface area contributed by atoms with Crippen LogP contribution in [0, 0.1) is 12.8 Å². The SMILES string of the molecule is Cc1ccc(=O)n(CC2CN(CC3(O)CCC3)C2)n1. The molecule has 0 aromatic carbocycles. The van der Waals surface area contributed by atoms with Crippen LogP contribution in [0.25, 0.3) is 0 Å². The summed E-state index contributed by atoms with van der Waals surface area (Å²) in [6.45, 7) is 5.30. The lowest BCUT2D eigenvalue weighted by Gasteiger charge is -2.47. The molecular weight excluding hydrogens is 242 g/mol. The minimum absolute atomic E-state index is 0.0262. The quantitative estimate of drug-likeness (QED) is 0.854. The van der Waals surface area contributed by atoms with E-state index in [4.69, 9.17) is 0 Å². The highest BCUT2D eigenvalue weighted by atomic mass is 16.3. The van der Waals surface area contributed by atoms with Crippen LogP contribution in [0.5, 0.6) is 0 Å². The Hall–Kier alpha value is -1.20. The molecule has 1 aromatic rings. The van der Waals surface area contributed by atoms with E-state index in [0.29, 0.717) is 12.5 Å². The van der Waals surface area contributed by atoms with Crippen molar-refractivity contribution in [3.8, 4) is 0 Å². The van der Waals surface area contributed by atoms with Crippen molar-refractivity contribution in [2.45, 2.75) is 38.3 Å².